The van der Waals surface area contributed by atoms with Crippen LogP contribution in [0.1, 0.15) is 31.4 Å². The van der Waals surface area contributed by atoms with Crippen molar-refractivity contribution in [2.45, 2.75) is 38.0 Å². The molecular formula is C17H20N2O6S. The van der Waals surface area contributed by atoms with Crippen LogP contribution in [0, 0.1) is 6.92 Å². The molecule has 2 atom stereocenters. The lowest BCUT2D eigenvalue weighted by Crippen LogP contribution is -2.48. The molecule has 0 saturated carbocycles. The summed E-state index contributed by atoms with van der Waals surface area (Å²) in [5.74, 6) is -2.69. The maximum atomic E-state index is 12.5. The van der Waals surface area contributed by atoms with Gasteiger partial charge in [0.2, 0.25) is 5.91 Å². The first-order valence-corrected chi connectivity index (χ1v) is 9.02. The molecule has 0 aliphatic carbocycles. The number of imide groups is 1. The molecule has 1 aromatic rings. The second-order valence-corrected chi connectivity index (χ2v) is 6.72. The van der Waals surface area contributed by atoms with Gasteiger partial charge in [-0.1, -0.05) is 31.5 Å². The normalized spacial score (nSPS) is 24.1. The van der Waals surface area contributed by atoms with E-state index in [1.165, 1.54) is 0 Å². The third kappa shape index (κ3) is 3.19. The van der Waals surface area contributed by atoms with Gasteiger partial charge >= 0.3 is 5.97 Å². The van der Waals surface area contributed by atoms with Crippen LogP contribution in [0.15, 0.2) is 18.2 Å². The molecule has 2 aliphatic heterocycles. The first-order valence-electron chi connectivity index (χ1n) is 8.14. The van der Waals surface area contributed by atoms with Gasteiger partial charge in [0.25, 0.3) is 11.1 Å². The van der Waals surface area contributed by atoms with Gasteiger partial charge in [0.05, 0.1) is 6.42 Å². The number of nitrogens with one attached hydrogen (secondary N) is 1. The Hall–Kier alpha value is -2.39. The van der Waals surface area contributed by atoms with Crippen LogP contribution in [-0.4, -0.2) is 49.9 Å². The smallest absolute Gasteiger partial charge is 0.305 e. The van der Waals surface area contributed by atoms with Gasteiger partial charge in [-0.15, -0.1) is 0 Å². The number of benzene rings is 1. The zero-order valence-electron chi connectivity index (χ0n) is 14.6. The number of aliphatic hydroxyl groups is 1. The molecule has 0 radical (unpaired) electrons. The molecule has 0 aromatic heterocycles. The number of rotatable bonds is 4. The number of anilines is 1. The number of fused-ring (bicyclic) bond motifs is 1. The number of aliphatic carboxylic acids is 1. The molecule has 140 valence electrons. The average molecular weight is 380 g/mol. The minimum atomic E-state index is -2.17. The number of hydrogen-bond donors (Lipinski definition) is 3. The standard InChI is InChI=1S/C15H14N2O6S.C2H6/c1-7-2-3-9-8(6-7)15(23,13(21)16-9)11-12(20)17(14(22)24-11)5-4-10(18)19;1-2/h2-3,6,11,23H,4-5H2,1H3,(H,16,21)(H,18,19);1-2H3. The largest absolute Gasteiger partial charge is 0.481 e. The first-order chi connectivity index (χ1) is 12.2. The Morgan fingerprint density at radius 2 is 1.96 bits per heavy atom. The fourth-order valence-electron chi connectivity index (χ4n) is 2.80. The van der Waals surface area contributed by atoms with Gasteiger partial charge in [-0.05, 0) is 24.8 Å². The molecule has 3 amide bonds. The van der Waals surface area contributed by atoms with Crippen molar-refractivity contribution in [3.8, 4) is 0 Å². The third-order valence-corrected chi connectivity index (χ3v) is 5.24. The van der Waals surface area contributed by atoms with Crippen molar-refractivity contribution in [2.75, 3.05) is 11.9 Å². The summed E-state index contributed by atoms with van der Waals surface area (Å²) in [6.45, 7) is 5.48. The Morgan fingerprint density at radius 1 is 1.31 bits per heavy atom. The topological polar surface area (TPSA) is 124 Å². The van der Waals surface area contributed by atoms with E-state index >= 15 is 0 Å². The predicted molar refractivity (Wildman–Crippen MR) is 95.8 cm³/mol. The number of carboxylic acids is 1. The Balaban J connectivity index is 0.00000117. The number of aryl methyl sites for hydroxylation is 1. The molecule has 26 heavy (non-hydrogen) atoms. The zero-order chi connectivity index (χ0) is 19.6. The highest BCUT2D eigenvalue weighted by molar-refractivity contribution is 8.15. The van der Waals surface area contributed by atoms with E-state index in [-0.39, 0.29) is 12.1 Å². The van der Waals surface area contributed by atoms with E-state index in [0.717, 1.165) is 10.5 Å². The second-order valence-electron chi connectivity index (χ2n) is 5.67. The fourth-order valence-corrected chi connectivity index (χ4v) is 3.94. The van der Waals surface area contributed by atoms with E-state index in [2.05, 4.69) is 5.32 Å². The van der Waals surface area contributed by atoms with Crippen molar-refractivity contribution >= 4 is 40.5 Å². The van der Waals surface area contributed by atoms with Crippen LogP contribution in [0.5, 0.6) is 0 Å². The molecule has 1 saturated heterocycles. The summed E-state index contributed by atoms with van der Waals surface area (Å²) in [5, 5.41) is 20.2. The molecule has 0 spiro atoms. The van der Waals surface area contributed by atoms with Gasteiger partial charge in [0, 0.05) is 17.8 Å². The minimum absolute atomic E-state index is 0.242. The van der Waals surface area contributed by atoms with Crippen molar-refractivity contribution in [3.05, 3.63) is 29.3 Å². The molecule has 2 unspecified atom stereocenters. The van der Waals surface area contributed by atoms with E-state index in [4.69, 9.17) is 5.11 Å². The van der Waals surface area contributed by atoms with Crippen LogP contribution in [0.2, 0.25) is 0 Å². The van der Waals surface area contributed by atoms with E-state index < -0.39 is 40.3 Å². The van der Waals surface area contributed by atoms with Gasteiger partial charge in [-0.2, -0.15) is 0 Å². The van der Waals surface area contributed by atoms with Gasteiger partial charge in [0.1, 0.15) is 5.25 Å². The number of carbonyl (C=O) groups is 4. The quantitative estimate of drug-likeness (QED) is 0.726. The van der Waals surface area contributed by atoms with Crippen molar-refractivity contribution in [3.63, 3.8) is 0 Å². The number of amides is 3. The Labute approximate surface area is 154 Å². The van der Waals surface area contributed by atoms with Crippen LogP contribution in [-0.2, 0) is 20.0 Å². The highest BCUT2D eigenvalue weighted by Crippen LogP contribution is 2.46. The number of thioether (sulfide) groups is 1. The minimum Gasteiger partial charge on any atom is -0.481 e. The average Bonchev–Trinajstić information content (AvgIpc) is 3.03. The van der Waals surface area contributed by atoms with Crippen molar-refractivity contribution in [1.82, 2.24) is 4.90 Å². The summed E-state index contributed by atoms with van der Waals surface area (Å²) in [6.07, 6.45) is -0.398. The summed E-state index contributed by atoms with van der Waals surface area (Å²) >= 11 is 0.536. The summed E-state index contributed by atoms with van der Waals surface area (Å²) < 4.78 is 0. The molecule has 3 N–H and O–H groups in total. The number of carboxylic acid groups (broad SMARTS) is 1. The van der Waals surface area contributed by atoms with E-state index in [1.807, 2.05) is 13.8 Å². The number of carbonyl (C=O) groups excluding carboxylic acids is 3. The first kappa shape index (κ1) is 19.9. The number of nitrogens with zero attached hydrogens (tertiary/aromatic N) is 1. The molecule has 8 nitrogen and oxygen atoms in total. The van der Waals surface area contributed by atoms with Gasteiger partial charge in [0.15, 0.2) is 5.60 Å². The summed E-state index contributed by atoms with van der Waals surface area (Å²) in [4.78, 5) is 48.3. The highest BCUT2D eigenvalue weighted by atomic mass is 32.2. The predicted octanol–water partition coefficient (Wildman–Crippen LogP) is 1.70. The lowest BCUT2D eigenvalue weighted by molar-refractivity contribution is -0.143. The Kier molecular flexibility index (Phi) is 5.72. The van der Waals surface area contributed by atoms with Crippen molar-refractivity contribution in [1.29, 1.82) is 0 Å². The molecule has 2 aliphatic rings. The van der Waals surface area contributed by atoms with Gasteiger partial charge < -0.3 is 15.5 Å². The van der Waals surface area contributed by atoms with Gasteiger partial charge in [-0.3, -0.25) is 24.1 Å². The third-order valence-electron chi connectivity index (χ3n) is 4.04. The monoisotopic (exact) mass is 380 g/mol. The van der Waals surface area contributed by atoms with Crippen LogP contribution in [0.4, 0.5) is 10.5 Å². The fraction of sp³-hybridized carbons (Fsp3) is 0.412. The lowest BCUT2D eigenvalue weighted by atomic mass is 9.89. The van der Waals surface area contributed by atoms with Crippen LogP contribution in [0.25, 0.3) is 0 Å². The van der Waals surface area contributed by atoms with Crippen LogP contribution >= 0.6 is 11.8 Å². The van der Waals surface area contributed by atoms with Crippen LogP contribution < -0.4 is 5.32 Å². The molecule has 0 bridgehead atoms. The highest BCUT2D eigenvalue weighted by Gasteiger charge is 2.59. The molecule has 1 fully saturated rings. The Bertz CT molecular complexity index is 781. The summed E-state index contributed by atoms with van der Waals surface area (Å²) in [5.41, 5.74) is -0.756. The second kappa shape index (κ2) is 7.46. The van der Waals surface area contributed by atoms with Gasteiger partial charge in [-0.25, -0.2) is 0 Å². The Morgan fingerprint density at radius 3 is 2.58 bits per heavy atom. The molecule has 3 rings (SSSR count). The molecule has 2 heterocycles. The molecule has 9 heteroatoms. The molecular weight excluding hydrogens is 360 g/mol. The summed E-state index contributed by atoms with van der Waals surface area (Å²) in [7, 11) is 0. The van der Waals surface area contributed by atoms with Crippen molar-refractivity contribution < 1.29 is 29.4 Å². The maximum Gasteiger partial charge on any atom is 0.305 e. The number of hydrogen-bond acceptors (Lipinski definition) is 6. The molecule has 1 aromatic carbocycles. The SMILES string of the molecule is CC.Cc1ccc2c(c1)C(O)(C1SC(=O)N(CCC(=O)O)C1=O)C(=O)N2. The van der Waals surface area contributed by atoms with Crippen LogP contribution in [0.3, 0.4) is 0 Å². The van der Waals surface area contributed by atoms with E-state index in [0.29, 0.717) is 17.4 Å². The maximum absolute atomic E-state index is 12.5. The summed E-state index contributed by atoms with van der Waals surface area (Å²) in [6, 6.07) is 4.96. The van der Waals surface area contributed by atoms with E-state index in [9.17, 15) is 24.3 Å². The lowest BCUT2D eigenvalue weighted by Gasteiger charge is -2.25. The zero-order valence-corrected chi connectivity index (χ0v) is 15.4. The van der Waals surface area contributed by atoms with E-state index in [1.54, 1.807) is 25.1 Å². The van der Waals surface area contributed by atoms with Crippen molar-refractivity contribution in [2.24, 2.45) is 0 Å².